The van der Waals surface area contributed by atoms with Crippen LogP contribution in [0.4, 0.5) is 0 Å². The molecule has 0 aromatic carbocycles. The Bertz CT molecular complexity index is 101. The second kappa shape index (κ2) is 13.9. The molecule has 0 saturated carbocycles. The summed E-state index contributed by atoms with van der Waals surface area (Å²) in [6.07, 6.45) is 0. The molecule has 0 aromatic rings. The van der Waals surface area contributed by atoms with Gasteiger partial charge in [-0.2, -0.15) is 0 Å². The Balaban J connectivity index is 0. The number of hydrogen-bond donors (Lipinski definition) is 4. The van der Waals surface area contributed by atoms with Gasteiger partial charge in [0.1, 0.15) is 0 Å². The van der Waals surface area contributed by atoms with Crippen molar-refractivity contribution in [3.63, 3.8) is 0 Å². The first-order valence-electron chi connectivity index (χ1n) is 3.92. The summed E-state index contributed by atoms with van der Waals surface area (Å²) in [5.74, 6) is -0.849. The van der Waals surface area contributed by atoms with Crippen molar-refractivity contribution >= 4 is 33.9 Å². The van der Waals surface area contributed by atoms with Gasteiger partial charge in [-0.3, -0.25) is 4.79 Å². The van der Waals surface area contributed by atoms with E-state index in [9.17, 15) is 4.79 Å². The van der Waals surface area contributed by atoms with E-state index in [-0.39, 0.29) is 6.54 Å². The molecule has 0 aliphatic rings. The van der Waals surface area contributed by atoms with Crippen molar-refractivity contribution in [2.75, 3.05) is 26.2 Å². The molecule has 0 aromatic heterocycles. The monoisotopic (exact) mass is 186 g/mol. The third kappa shape index (κ3) is 22.4. The van der Waals surface area contributed by atoms with Crippen molar-refractivity contribution in [2.24, 2.45) is 5.73 Å². The van der Waals surface area contributed by atoms with E-state index in [1.54, 1.807) is 0 Å². The van der Waals surface area contributed by atoms with E-state index >= 15 is 0 Å². The quantitative estimate of drug-likeness (QED) is 0.300. The Morgan fingerprint density at radius 1 is 1.58 bits per heavy atom. The zero-order chi connectivity index (χ0) is 9.82. The average molecular weight is 186 g/mol. The van der Waals surface area contributed by atoms with E-state index in [0.717, 1.165) is 31.6 Å². The van der Waals surface area contributed by atoms with Crippen LogP contribution in [0.1, 0.15) is 0 Å². The molecule has 68 valence electrons. The number of carboxylic acids is 1. The summed E-state index contributed by atoms with van der Waals surface area (Å²) in [5, 5.41) is 18.6. The number of aliphatic hydroxyl groups excluding tert-OH is 1. The molecule has 0 radical (unpaired) electrons. The number of hydrogen-bond acceptors (Lipinski definition) is 4. The standard InChI is InChI=1S/C4H10N2O2.C2H5O.Na/c5-1-2-6-3-4(7)8;1-2-3;/h6H,1-3,5H2,(H,7,8);3H,1-2H2;. The van der Waals surface area contributed by atoms with E-state index < -0.39 is 5.97 Å². The van der Waals surface area contributed by atoms with Crippen LogP contribution in [0.15, 0.2) is 0 Å². The Hall–Kier alpha value is 0.350. The van der Waals surface area contributed by atoms with E-state index in [4.69, 9.17) is 15.9 Å². The molecule has 6 heteroatoms. The molecule has 0 fully saturated rings. The number of aliphatic hydroxyl groups is 1. The number of rotatable bonds is 5. The molecule has 0 spiro atoms. The maximum absolute atomic E-state index is 9.77. The van der Waals surface area contributed by atoms with Gasteiger partial charge in [-0.05, 0) is 0 Å². The molecular weight excluding hydrogens is 171 g/mol. The predicted molar refractivity (Wildman–Crippen MR) is 47.2 cm³/mol. The summed E-state index contributed by atoms with van der Waals surface area (Å²) in [6, 6.07) is 0. The van der Waals surface area contributed by atoms with Crippen molar-refractivity contribution < 1.29 is 15.0 Å². The first kappa shape index (κ1) is 14.9. The summed E-state index contributed by atoms with van der Waals surface area (Å²) < 4.78 is 1.01. The van der Waals surface area contributed by atoms with Crippen LogP contribution in [0.25, 0.3) is 0 Å². The molecule has 0 rings (SSSR count). The van der Waals surface area contributed by atoms with E-state index in [0.29, 0.717) is 19.7 Å². The number of nitrogens with two attached hydrogens (primary N) is 1. The fraction of sp³-hybridized carbons (Fsp3) is 0.833. The topological polar surface area (TPSA) is 95.6 Å². The Labute approximate surface area is 89.7 Å². The third-order valence-electron chi connectivity index (χ3n) is 0.821. The fourth-order valence-corrected chi connectivity index (χ4v) is 0.297. The molecule has 0 unspecified atom stereocenters. The zero-order valence-corrected chi connectivity index (χ0v) is 9.42. The maximum atomic E-state index is 9.77. The molecule has 0 aliphatic heterocycles. The fourth-order valence-electron chi connectivity index (χ4n) is 0.297. The van der Waals surface area contributed by atoms with Gasteiger partial charge in [-0.15, -0.1) is 0 Å². The van der Waals surface area contributed by atoms with Crippen LogP contribution >= 0.6 is 0 Å². The molecule has 0 amide bonds. The van der Waals surface area contributed by atoms with Crippen molar-refractivity contribution in [1.29, 1.82) is 0 Å². The number of carbonyl (C=O) groups is 1. The molecule has 0 aliphatic carbocycles. The Morgan fingerprint density at radius 3 is 2.33 bits per heavy atom. The number of nitrogens with one attached hydrogen (secondary N) is 1. The first-order valence-corrected chi connectivity index (χ1v) is 5.33. The third-order valence-corrected chi connectivity index (χ3v) is 1.27. The van der Waals surface area contributed by atoms with Gasteiger partial charge < -0.3 is 16.2 Å². The molecule has 0 saturated heterocycles. The second-order valence-electron chi connectivity index (χ2n) is 2.08. The van der Waals surface area contributed by atoms with Gasteiger partial charge >= 0.3 is 49.3 Å². The van der Waals surface area contributed by atoms with Crippen molar-refractivity contribution in [3.05, 3.63) is 0 Å². The molecule has 5 N–H and O–H groups in total. The number of aliphatic carboxylic acids is 1. The van der Waals surface area contributed by atoms with Gasteiger partial charge in [0.15, 0.2) is 0 Å². The average Bonchev–Trinajstić information content (AvgIpc) is 2.05. The molecule has 0 atom stereocenters. The first-order chi connectivity index (χ1) is 5.68. The van der Waals surface area contributed by atoms with Gasteiger partial charge in [-0.1, -0.05) is 0 Å². The molecule has 5 nitrogen and oxygen atoms in total. The van der Waals surface area contributed by atoms with Crippen LogP contribution in [-0.2, 0) is 4.79 Å². The van der Waals surface area contributed by atoms with Crippen molar-refractivity contribution in [2.45, 2.75) is 3.67 Å². The normalized spacial score (nSPS) is 8.67. The van der Waals surface area contributed by atoms with E-state index in [1.165, 1.54) is 0 Å². The molecule has 0 bridgehead atoms. The minimum absolute atomic E-state index is 0.00278. The summed E-state index contributed by atoms with van der Waals surface area (Å²) in [5.41, 5.74) is 5.06. The van der Waals surface area contributed by atoms with E-state index in [2.05, 4.69) is 5.32 Å². The van der Waals surface area contributed by atoms with E-state index in [1.807, 2.05) is 0 Å². The second-order valence-corrected chi connectivity index (χ2v) is 3.08. The van der Waals surface area contributed by atoms with Crippen LogP contribution in [0.3, 0.4) is 0 Å². The van der Waals surface area contributed by atoms with Crippen LogP contribution in [-0.4, -0.2) is 70.4 Å². The molecule has 12 heavy (non-hydrogen) atoms. The van der Waals surface area contributed by atoms with Gasteiger partial charge in [0.2, 0.25) is 0 Å². The predicted octanol–water partition coefficient (Wildman–Crippen LogP) is -1.82. The number of carboxylic acid groups (broad SMARTS) is 1. The van der Waals surface area contributed by atoms with Crippen LogP contribution in [0.2, 0.25) is 3.67 Å². The minimum atomic E-state index is -0.849. The molecular formula is C6H15N2NaO3. The van der Waals surface area contributed by atoms with Gasteiger partial charge in [-0.25, -0.2) is 0 Å². The van der Waals surface area contributed by atoms with Crippen LogP contribution in [0.5, 0.6) is 0 Å². The summed E-state index contributed by atoms with van der Waals surface area (Å²) in [4.78, 5) is 9.77. The van der Waals surface area contributed by atoms with Gasteiger partial charge in [0, 0.05) is 13.1 Å². The summed E-state index contributed by atoms with van der Waals surface area (Å²) in [6.45, 7) is 1.42. The zero-order valence-electron chi connectivity index (χ0n) is 7.42. The van der Waals surface area contributed by atoms with Crippen LogP contribution in [0, 0.1) is 0 Å². The van der Waals surface area contributed by atoms with Crippen molar-refractivity contribution in [1.82, 2.24) is 5.32 Å². The Kier molecular flexibility index (Phi) is 17.2. The summed E-state index contributed by atoms with van der Waals surface area (Å²) in [7, 11) is 0. The SMILES string of the molecule is NCCNCC(=O)O.OC[CH2][Na]. The van der Waals surface area contributed by atoms with Gasteiger partial charge in [0.05, 0.1) is 6.54 Å². The van der Waals surface area contributed by atoms with Gasteiger partial charge in [0.25, 0.3) is 0 Å². The summed E-state index contributed by atoms with van der Waals surface area (Å²) >= 11 is 1.14. The van der Waals surface area contributed by atoms with Crippen LogP contribution < -0.4 is 11.1 Å². The Morgan fingerprint density at radius 2 is 2.08 bits per heavy atom. The molecule has 0 heterocycles. The van der Waals surface area contributed by atoms with Crippen molar-refractivity contribution in [3.8, 4) is 0 Å².